The molecule has 0 aliphatic carbocycles. The van der Waals surface area contributed by atoms with Crippen molar-refractivity contribution in [3.8, 4) is 0 Å². The second-order valence-electron chi connectivity index (χ2n) is 3.96. The standard InChI is InChI=1S/C12H22O2/c1-2-3-4-5-6-8-11(13)12-9-7-10-14-12/h9,11,13H,2-8,10H2,1H3. The summed E-state index contributed by atoms with van der Waals surface area (Å²) in [4.78, 5) is 0. The minimum absolute atomic E-state index is 0.348. The van der Waals surface area contributed by atoms with E-state index in [0.29, 0.717) is 0 Å². The summed E-state index contributed by atoms with van der Waals surface area (Å²) < 4.78 is 5.30. The van der Waals surface area contributed by atoms with Crippen LogP contribution in [0.2, 0.25) is 0 Å². The van der Waals surface area contributed by atoms with E-state index in [-0.39, 0.29) is 6.10 Å². The molecule has 0 spiro atoms. The Morgan fingerprint density at radius 1 is 1.36 bits per heavy atom. The third-order valence-corrected chi connectivity index (χ3v) is 2.64. The Labute approximate surface area is 87.0 Å². The van der Waals surface area contributed by atoms with Gasteiger partial charge in [-0.15, -0.1) is 0 Å². The van der Waals surface area contributed by atoms with Crippen LogP contribution in [0.3, 0.4) is 0 Å². The summed E-state index contributed by atoms with van der Waals surface area (Å²) in [6.45, 7) is 2.97. The van der Waals surface area contributed by atoms with E-state index in [2.05, 4.69) is 6.92 Å². The van der Waals surface area contributed by atoms with Gasteiger partial charge in [0.25, 0.3) is 0 Å². The van der Waals surface area contributed by atoms with Crippen molar-refractivity contribution in [3.05, 3.63) is 11.8 Å². The van der Waals surface area contributed by atoms with Gasteiger partial charge >= 0.3 is 0 Å². The van der Waals surface area contributed by atoms with Crippen LogP contribution >= 0.6 is 0 Å². The van der Waals surface area contributed by atoms with Gasteiger partial charge in [-0.1, -0.05) is 39.0 Å². The molecule has 0 aromatic carbocycles. The fourth-order valence-corrected chi connectivity index (χ4v) is 1.75. The monoisotopic (exact) mass is 198 g/mol. The van der Waals surface area contributed by atoms with Crippen molar-refractivity contribution in [2.75, 3.05) is 6.61 Å². The quantitative estimate of drug-likeness (QED) is 0.637. The van der Waals surface area contributed by atoms with Gasteiger partial charge in [0.2, 0.25) is 0 Å². The highest BCUT2D eigenvalue weighted by Gasteiger charge is 2.14. The minimum Gasteiger partial charge on any atom is -0.495 e. The van der Waals surface area contributed by atoms with E-state index < -0.39 is 0 Å². The number of ether oxygens (including phenoxy) is 1. The first-order chi connectivity index (χ1) is 6.84. The molecule has 0 aromatic rings. The zero-order valence-corrected chi connectivity index (χ0v) is 9.17. The van der Waals surface area contributed by atoms with Gasteiger partial charge in [-0.25, -0.2) is 0 Å². The molecule has 2 nitrogen and oxygen atoms in total. The van der Waals surface area contributed by atoms with Gasteiger partial charge in [-0.2, -0.15) is 0 Å². The Bertz CT molecular complexity index is 175. The number of hydrogen-bond donors (Lipinski definition) is 1. The van der Waals surface area contributed by atoms with E-state index in [0.717, 1.165) is 31.6 Å². The lowest BCUT2D eigenvalue weighted by Gasteiger charge is -2.11. The summed E-state index contributed by atoms with van der Waals surface area (Å²) in [6.07, 6.45) is 9.71. The number of aliphatic hydroxyl groups excluding tert-OH is 1. The Kier molecular flexibility index (Phi) is 5.69. The van der Waals surface area contributed by atoms with Gasteiger partial charge in [0.15, 0.2) is 0 Å². The van der Waals surface area contributed by atoms with Crippen LogP contribution in [0.4, 0.5) is 0 Å². The first-order valence-corrected chi connectivity index (χ1v) is 5.85. The lowest BCUT2D eigenvalue weighted by Crippen LogP contribution is -2.10. The van der Waals surface area contributed by atoms with Crippen LogP contribution in [0.15, 0.2) is 11.8 Å². The van der Waals surface area contributed by atoms with Crippen molar-refractivity contribution in [1.29, 1.82) is 0 Å². The smallest absolute Gasteiger partial charge is 0.121 e. The topological polar surface area (TPSA) is 29.5 Å². The summed E-state index contributed by atoms with van der Waals surface area (Å²) in [5.74, 6) is 0.806. The van der Waals surface area contributed by atoms with E-state index in [4.69, 9.17) is 4.74 Å². The van der Waals surface area contributed by atoms with Crippen molar-refractivity contribution < 1.29 is 9.84 Å². The molecule has 0 amide bonds. The molecule has 0 radical (unpaired) electrons. The Hall–Kier alpha value is -0.500. The first-order valence-electron chi connectivity index (χ1n) is 5.85. The highest BCUT2D eigenvalue weighted by Crippen LogP contribution is 2.18. The molecule has 14 heavy (non-hydrogen) atoms. The van der Waals surface area contributed by atoms with E-state index in [9.17, 15) is 5.11 Å². The third-order valence-electron chi connectivity index (χ3n) is 2.64. The largest absolute Gasteiger partial charge is 0.495 e. The Balaban J connectivity index is 2.00. The fraction of sp³-hybridized carbons (Fsp3) is 0.833. The molecule has 0 saturated carbocycles. The second-order valence-corrected chi connectivity index (χ2v) is 3.96. The molecule has 0 fully saturated rings. The van der Waals surface area contributed by atoms with Crippen LogP contribution in [-0.4, -0.2) is 17.8 Å². The molecule has 2 heteroatoms. The van der Waals surface area contributed by atoms with Crippen molar-refractivity contribution in [3.63, 3.8) is 0 Å². The minimum atomic E-state index is -0.348. The normalized spacial score (nSPS) is 17.7. The summed E-state index contributed by atoms with van der Waals surface area (Å²) in [5.41, 5.74) is 0. The Morgan fingerprint density at radius 3 is 2.79 bits per heavy atom. The summed E-state index contributed by atoms with van der Waals surface area (Å²) in [7, 11) is 0. The van der Waals surface area contributed by atoms with Crippen LogP contribution < -0.4 is 0 Å². The summed E-state index contributed by atoms with van der Waals surface area (Å²) >= 11 is 0. The number of aliphatic hydroxyl groups is 1. The number of rotatable bonds is 7. The van der Waals surface area contributed by atoms with E-state index in [1.54, 1.807) is 0 Å². The maximum Gasteiger partial charge on any atom is 0.121 e. The molecule has 1 heterocycles. The second kappa shape index (κ2) is 6.88. The van der Waals surface area contributed by atoms with Gasteiger partial charge in [0, 0.05) is 6.42 Å². The van der Waals surface area contributed by atoms with Crippen LogP contribution in [0, 0.1) is 0 Å². The fourth-order valence-electron chi connectivity index (χ4n) is 1.75. The zero-order valence-electron chi connectivity index (χ0n) is 9.17. The van der Waals surface area contributed by atoms with Crippen molar-refractivity contribution >= 4 is 0 Å². The van der Waals surface area contributed by atoms with E-state index in [1.807, 2.05) is 6.08 Å². The lowest BCUT2D eigenvalue weighted by atomic mass is 10.1. The molecule has 0 aromatic heterocycles. The molecule has 0 saturated heterocycles. The lowest BCUT2D eigenvalue weighted by molar-refractivity contribution is 0.110. The SMILES string of the molecule is CCCCCCCC(O)C1=CCCO1. The first kappa shape index (κ1) is 11.6. The van der Waals surface area contributed by atoms with Crippen LogP contribution in [0.1, 0.15) is 51.9 Å². The average molecular weight is 198 g/mol. The number of unbranched alkanes of at least 4 members (excludes halogenated alkanes) is 4. The molecular formula is C12H22O2. The van der Waals surface area contributed by atoms with Gasteiger partial charge in [0.05, 0.1) is 6.61 Å². The molecule has 1 unspecified atom stereocenters. The molecule has 82 valence electrons. The van der Waals surface area contributed by atoms with E-state index >= 15 is 0 Å². The van der Waals surface area contributed by atoms with Crippen LogP contribution in [0.25, 0.3) is 0 Å². The van der Waals surface area contributed by atoms with Crippen molar-refractivity contribution in [2.24, 2.45) is 0 Å². The molecular weight excluding hydrogens is 176 g/mol. The predicted molar refractivity (Wildman–Crippen MR) is 58.0 cm³/mol. The molecule has 1 aliphatic heterocycles. The number of hydrogen-bond acceptors (Lipinski definition) is 2. The molecule has 1 atom stereocenters. The van der Waals surface area contributed by atoms with E-state index in [1.165, 1.54) is 25.7 Å². The molecule has 0 bridgehead atoms. The average Bonchev–Trinajstić information content (AvgIpc) is 2.70. The predicted octanol–water partition coefficient (Wildman–Crippen LogP) is 3.01. The van der Waals surface area contributed by atoms with Gasteiger partial charge in [-0.05, 0) is 12.5 Å². The molecule has 1 N–H and O–H groups in total. The maximum atomic E-state index is 9.71. The molecule has 1 rings (SSSR count). The third kappa shape index (κ3) is 4.14. The highest BCUT2D eigenvalue weighted by atomic mass is 16.5. The summed E-state index contributed by atoms with van der Waals surface area (Å²) in [5, 5.41) is 9.71. The van der Waals surface area contributed by atoms with Crippen LogP contribution in [0.5, 0.6) is 0 Å². The highest BCUT2D eigenvalue weighted by molar-refractivity contribution is 5.03. The van der Waals surface area contributed by atoms with Gasteiger partial charge in [-0.3, -0.25) is 0 Å². The van der Waals surface area contributed by atoms with Gasteiger partial charge < -0.3 is 9.84 Å². The summed E-state index contributed by atoms with van der Waals surface area (Å²) in [6, 6.07) is 0. The van der Waals surface area contributed by atoms with Crippen molar-refractivity contribution in [2.45, 2.75) is 58.0 Å². The molecule has 1 aliphatic rings. The van der Waals surface area contributed by atoms with Crippen LogP contribution in [-0.2, 0) is 4.74 Å². The maximum absolute atomic E-state index is 9.71. The Morgan fingerprint density at radius 2 is 2.14 bits per heavy atom. The van der Waals surface area contributed by atoms with Gasteiger partial charge in [0.1, 0.15) is 11.9 Å². The van der Waals surface area contributed by atoms with Crippen molar-refractivity contribution in [1.82, 2.24) is 0 Å². The zero-order chi connectivity index (χ0) is 10.2.